The number of hydrogen-bond acceptors (Lipinski definition) is 4. The molecule has 3 atom stereocenters. The number of likely N-dealkylation sites (tertiary alicyclic amines) is 1. The molecule has 148 valence electrons. The van der Waals surface area contributed by atoms with Crippen LogP contribution in [0.5, 0.6) is 0 Å². The van der Waals surface area contributed by atoms with Crippen molar-refractivity contribution in [3.05, 3.63) is 47.4 Å². The second-order valence-electron chi connectivity index (χ2n) is 6.83. The summed E-state index contributed by atoms with van der Waals surface area (Å²) >= 11 is 0. The van der Waals surface area contributed by atoms with Crippen LogP contribution < -0.4 is 0 Å². The topological polar surface area (TPSA) is 90.8 Å². The van der Waals surface area contributed by atoms with E-state index >= 15 is 0 Å². The molecule has 1 aromatic rings. The molecule has 0 aliphatic carbocycles. The van der Waals surface area contributed by atoms with Gasteiger partial charge in [-0.05, 0) is 30.2 Å². The maximum atomic E-state index is 12.8. The van der Waals surface area contributed by atoms with Crippen LogP contribution >= 0.6 is 0 Å². The number of allylic oxidation sites excluding steroid dienone is 2. The number of hydrogen-bond donors (Lipinski definition) is 1. The van der Waals surface area contributed by atoms with Crippen molar-refractivity contribution < 1.29 is 32.7 Å². The molecule has 7 nitrogen and oxygen atoms in total. The number of aromatic nitrogens is 1. The molecule has 29 heavy (non-hydrogen) atoms. The van der Waals surface area contributed by atoms with Crippen molar-refractivity contribution in [1.29, 1.82) is 0 Å². The van der Waals surface area contributed by atoms with Crippen molar-refractivity contribution in [3.63, 3.8) is 0 Å². The van der Waals surface area contributed by atoms with Gasteiger partial charge in [-0.3, -0.25) is 19.5 Å². The van der Waals surface area contributed by atoms with Crippen molar-refractivity contribution in [2.75, 3.05) is 6.54 Å². The van der Waals surface area contributed by atoms with Crippen LogP contribution in [0, 0.1) is 5.92 Å². The number of aliphatic carboxylic acids is 1. The molecule has 1 N–H and O–H groups in total. The number of carbonyl (C=O) groups excluding carboxylic acids is 2. The standard InChI is InChI=1S/C18H14F3N3O4.Na.H/c19-18(20,21)17(28)23-8-10-7-9(4-5-11-3-1-2-6-22-11)13(16(26)27)24-12(10)14(23)15(24)25;;/h1-6,10,12,14H,7-8H2,(H,26,27);;/b5-4+;;/t10-,12-,14+;;/m1../s1. The first-order valence-electron chi connectivity index (χ1n) is 8.46. The Morgan fingerprint density at radius 3 is 2.55 bits per heavy atom. The molecule has 3 aliphatic rings. The van der Waals surface area contributed by atoms with E-state index in [0.717, 1.165) is 4.90 Å². The summed E-state index contributed by atoms with van der Waals surface area (Å²) < 4.78 is 38.5. The van der Waals surface area contributed by atoms with Gasteiger partial charge in [-0.2, -0.15) is 13.2 Å². The Morgan fingerprint density at radius 1 is 1.24 bits per heavy atom. The van der Waals surface area contributed by atoms with Crippen molar-refractivity contribution in [1.82, 2.24) is 14.8 Å². The molecule has 0 spiro atoms. The second kappa shape index (κ2) is 7.58. The van der Waals surface area contributed by atoms with Gasteiger partial charge in [0.1, 0.15) is 11.7 Å². The van der Waals surface area contributed by atoms with Crippen LogP contribution in [0.4, 0.5) is 13.2 Å². The number of carboxylic acid groups (broad SMARTS) is 1. The van der Waals surface area contributed by atoms with Crippen molar-refractivity contribution >= 4 is 53.4 Å². The molecule has 4 heterocycles. The van der Waals surface area contributed by atoms with Crippen molar-refractivity contribution in [2.24, 2.45) is 5.92 Å². The van der Waals surface area contributed by atoms with Gasteiger partial charge >= 0.3 is 47.6 Å². The van der Waals surface area contributed by atoms with Crippen molar-refractivity contribution in [2.45, 2.75) is 24.7 Å². The molecular weight excluding hydrogens is 402 g/mol. The molecule has 0 saturated carbocycles. The number of alkyl halides is 3. The number of rotatable bonds is 3. The summed E-state index contributed by atoms with van der Waals surface area (Å²) in [4.78, 5) is 41.5. The van der Waals surface area contributed by atoms with E-state index in [1.807, 2.05) is 0 Å². The minimum atomic E-state index is -5.08. The first-order chi connectivity index (χ1) is 13.2. The van der Waals surface area contributed by atoms with E-state index in [9.17, 15) is 32.7 Å². The van der Waals surface area contributed by atoms with Gasteiger partial charge in [0, 0.05) is 18.7 Å². The number of nitrogens with zero attached hydrogens (tertiary/aromatic N) is 3. The zero-order chi connectivity index (χ0) is 20.2. The van der Waals surface area contributed by atoms with Crippen LogP contribution in [0.15, 0.2) is 41.7 Å². The summed E-state index contributed by atoms with van der Waals surface area (Å²) in [6.45, 7) is -0.246. The predicted octanol–water partition coefficient (Wildman–Crippen LogP) is 0.789. The van der Waals surface area contributed by atoms with Gasteiger partial charge in [-0.15, -0.1) is 0 Å². The van der Waals surface area contributed by atoms with Gasteiger partial charge in [0.25, 0.3) is 5.91 Å². The summed E-state index contributed by atoms with van der Waals surface area (Å²) in [5.74, 6) is -4.67. The summed E-state index contributed by atoms with van der Waals surface area (Å²) in [5.41, 5.74) is 0.624. The zero-order valence-corrected chi connectivity index (χ0v) is 14.3. The molecule has 2 amide bonds. The molecule has 0 bridgehead atoms. The van der Waals surface area contributed by atoms with Gasteiger partial charge in [0.15, 0.2) is 0 Å². The number of carbonyl (C=O) groups is 3. The summed E-state index contributed by atoms with van der Waals surface area (Å²) in [7, 11) is 0. The van der Waals surface area contributed by atoms with Crippen molar-refractivity contribution in [3.8, 4) is 0 Å². The number of pyridine rings is 1. The fourth-order valence-corrected chi connectivity index (χ4v) is 4.15. The Hall–Kier alpha value is -2.17. The Labute approximate surface area is 185 Å². The van der Waals surface area contributed by atoms with Gasteiger partial charge in [-0.25, -0.2) is 4.79 Å². The van der Waals surface area contributed by atoms with E-state index < -0.39 is 42.0 Å². The van der Waals surface area contributed by atoms with Gasteiger partial charge in [0.05, 0.1) is 11.7 Å². The van der Waals surface area contributed by atoms with E-state index in [-0.39, 0.29) is 48.2 Å². The third kappa shape index (κ3) is 3.49. The molecule has 0 aromatic carbocycles. The first-order valence-corrected chi connectivity index (χ1v) is 8.46. The van der Waals surface area contributed by atoms with Crippen LogP contribution in [0.25, 0.3) is 6.08 Å². The van der Waals surface area contributed by atoms with E-state index in [2.05, 4.69) is 4.98 Å². The molecule has 3 aliphatic heterocycles. The molecule has 2 saturated heterocycles. The van der Waals surface area contributed by atoms with Crippen LogP contribution in [0.1, 0.15) is 12.1 Å². The Balaban J connectivity index is 0.00000240. The molecule has 0 radical (unpaired) electrons. The summed E-state index contributed by atoms with van der Waals surface area (Å²) in [6, 6.07) is 3.17. The Kier molecular flexibility index (Phi) is 5.63. The monoisotopic (exact) mass is 417 g/mol. The van der Waals surface area contributed by atoms with Crippen LogP contribution in [-0.2, 0) is 14.4 Å². The molecular formula is C18H15F3N3NaO4. The minimum absolute atomic E-state index is 0. The molecule has 1 aromatic heterocycles. The van der Waals surface area contributed by atoms with Gasteiger partial charge < -0.3 is 10.0 Å². The third-order valence-electron chi connectivity index (χ3n) is 5.24. The quantitative estimate of drug-likeness (QED) is 0.580. The first kappa shape index (κ1) is 21.5. The zero-order valence-electron chi connectivity index (χ0n) is 14.3. The van der Waals surface area contributed by atoms with E-state index in [1.165, 1.54) is 6.08 Å². The Bertz CT molecular complexity index is 932. The third-order valence-corrected chi connectivity index (χ3v) is 5.24. The average Bonchev–Trinajstić information content (AvgIpc) is 3.00. The van der Waals surface area contributed by atoms with E-state index in [1.54, 1.807) is 30.5 Å². The van der Waals surface area contributed by atoms with Crippen LogP contribution in [-0.4, -0.2) is 92.0 Å². The summed E-state index contributed by atoms with van der Waals surface area (Å²) in [5, 5.41) is 9.58. The van der Waals surface area contributed by atoms with E-state index in [4.69, 9.17) is 0 Å². The fraction of sp³-hybridized carbons (Fsp3) is 0.333. The number of β-lactam (4-membered cyclic amide) rings is 1. The maximum absolute atomic E-state index is 12.8. The van der Waals surface area contributed by atoms with Crippen LogP contribution in [0.2, 0.25) is 0 Å². The fourth-order valence-electron chi connectivity index (χ4n) is 4.15. The predicted molar refractivity (Wildman–Crippen MR) is 95.4 cm³/mol. The second-order valence-corrected chi connectivity index (χ2v) is 6.83. The van der Waals surface area contributed by atoms with Gasteiger partial charge in [-0.1, -0.05) is 12.1 Å². The molecule has 4 rings (SSSR count). The number of halogens is 3. The molecule has 11 heteroatoms. The van der Waals surface area contributed by atoms with E-state index in [0.29, 0.717) is 16.2 Å². The van der Waals surface area contributed by atoms with Gasteiger partial charge in [0.2, 0.25) is 0 Å². The Morgan fingerprint density at radius 2 is 1.97 bits per heavy atom. The summed E-state index contributed by atoms with van der Waals surface area (Å²) in [6.07, 6.45) is -0.286. The molecule has 0 unspecified atom stereocenters. The number of carboxylic acids is 1. The molecule has 2 fully saturated rings. The SMILES string of the molecule is O=C(O)C1=C(/C=C/c2ccccn2)C[C@@H]2CN(C(=O)C(F)(F)F)[C@@H]3C(=O)N1[C@H]23.[NaH]. The normalized spacial score (nSPS) is 25.6. The van der Waals surface area contributed by atoms with Crippen LogP contribution in [0.3, 0.4) is 0 Å². The number of amides is 2. The average molecular weight is 417 g/mol.